The van der Waals surface area contributed by atoms with Crippen molar-refractivity contribution in [2.75, 3.05) is 23.4 Å². The largest absolute Gasteiger partial charge is 0.481 e. The minimum absolute atomic E-state index is 0.00372. The molecule has 0 bridgehead atoms. The lowest BCUT2D eigenvalue weighted by Crippen LogP contribution is -2.74. The lowest BCUT2D eigenvalue weighted by Gasteiger charge is -2.53. The van der Waals surface area contributed by atoms with Gasteiger partial charge in [0, 0.05) is 18.1 Å². The summed E-state index contributed by atoms with van der Waals surface area (Å²) in [4.78, 5) is 60.6. The van der Waals surface area contributed by atoms with E-state index >= 15 is 0 Å². The summed E-state index contributed by atoms with van der Waals surface area (Å²) in [7, 11) is 0. The third-order valence-corrected chi connectivity index (χ3v) is 11.1. The lowest BCUT2D eigenvalue weighted by molar-refractivity contribution is -0.157. The Hall–Kier alpha value is -2.73. The van der Waals surface area contributed by atoms with Crippen LogP contribution in [-0.4, -0.2) is 90.7 Å². The Morgan fingerprint density at radius 3 is 2.97 bits per heavy atom. The van der Waals surface area contributed by atoms with Crippen molar-refractivity contribution >= 4 is 92.8 Å². The number of hydrogen-bond acceptors (Lipinski definition) is 13. The van der Waals surface area contributed by atoms with Crippen LogP contribution in [0.5, 0.6) is 0 Å². The second-order valence-corrected chi connectivity index (χ2v) is 13.5. The van der Waals surface area contributed by atoms with E-state index in [0.717, 1.165) is 17.8 Å². The summed E-state index contributed by atoms with van der Waals surface area (Å²) in [6.45, 7) is 0.00766. The van der Waals surface area contributed by atoms with Crippen molar-refractivity contribution in [2.45, 2.75) is 34.7 Å². The molecule has 4 heterocycles. The van der Waals surface area contributed by atoms with Gasteiger partial charge in [-0.05, 0) is 18.9 Å². The van der Waals surface area contributed by atoms with Gasteiger partial charge >= 0.3 is 5.97 Å². The molecular formula is C21H20ClN7O6S4. The first-order valence-corrected chi connectivity index (χ1v) is 15.5. The highest BCUT2D eigenvalue weighted by atomic mass is 35.5. The van der Waals surface area contributed by atoms with Gasteiger partial charge in [-0.1, -0.05) is 57.3 Å². The van der Waals surface area contributed by atoms with Gasteiger partial charge in [0.25, 0.3) is 5.91 Å². The van der Waals surface area contributed by atoms with E-state index in [1.54, 1.807) is 5.51 Å². The van der Waals surface area contributed by atoms with Gasteiger partial charge in [0.05, 0.1) is 0 Å². The van der Waals surface area contributed by atoms with E-state index in [1.165, 1.54) is 39.8 Å². The van der Waals surface area contributed by atoms with Crippen LogP contribution in [0.15, 0.2) is 27.2 Å². The van der Waals surface area contributed by atoms with Crippen LogP contribution >= 0.6 is 57.8 Å². The number of oxime groups is 1. The fourth-order valence-corrected chi connectivity index (χ4v) is 8.46. The number of amides is 3. The molecule has 3 N–H and O–H groups in total. The summed E-state index contributed by atoms with van der Waals surface area (Å²) in [5.74, 6) is -1.68. The molecule has 39 heavy (non-hydrogen) atoms. The van der Waals surface area contributed by atoms with E-state index < -0.39 is 34.6 Å². The molecule has 0 spiro atoms. The van der Waals surface area contributed by atoms with Crippen molar-refractivity contribution in [1.82, 2.24) is 25.4 Å². The van der Waals surface area contributed by atoms with Crippen LogP contribution in [-0.2, 0) is 24.0 Å². The highest BCUT2D eigenvalue weighted by molar-refractivity contribution is 8.01. The maximum atomic E-state index is 13.3. The molecule has 0 radical (unpaired) electrons. The normalized spacial score (nSPS) is 26.1. The predicted molar refractivity (Wildman–Crippen MR) is 147 cm³/mol. The van der Waals surface area contributed by atoms with E-state index in [2.05, 4.69) is 31.0 Å². The Bertz CT molecular complexity index is 1340. The monoisotopic (exact) mass is 629 g/mol. The molecule has 4 atom stereocenters. The van der Waals surface area contributed by atoms with Crippen LogP contribution in [0.25, 0.3) is 0 Å². The summed E-state index contributed by atoms with van der Waals surface area (Å²) in [5.41, 5.74) is 0.159. The number of β-lactam (4-membered cyclic amide) rings is 1. The van der Waals surface area contributed by atoms with Crippen molar-refractivity contribution < 1.29 is 29.1 Å². The molecule has 13 nitrogen and oxygen atoms in total. The summed E-state index contributed by atoms with van der Waals surface area (Å²) >= 11 is 11.1. The smallest absolute Gasteiger partial charge is 0.313 e. The summed E-state index contributed by atoms with van der Waals surface area (Å²) in [6.07, 6.45) is 5.38. The van der Waals surface area contributed by atoms with E-state index in [-0.39, 0.29) is 45.0 Å². The van der Waals surface area contributed by atoms with Gasteiger partial charge in [-0.2, -0.15) is 0 Å². The maximum absolute atomic E-state index is 13.3. The van der Waals surface area contributed by atoms with Gasteiger partial charge in [0.2, 0.25) is 12.3 Å². The van der Waals surface area contributed by atoms with Crippen LogP contribution < -0.4 is 10.6 Å². The number of thiazole rings is 1. The number of nitrogens with one attached hydrogen (secondary N) is 2. The number of carbonyl (C=O) groups is 4. The molecule has 1 aliphatic carbocycles. The summed E-state index contributed by atoms with van der Waals surface area (Å²) < 4.78 is 0.753. The van der Waals surface area contributed by atoms with Gasteiger partial charge in [0.15, 0.2) is 15.2 Å². The van der Waals surface area contributed by atoms with Gasteiger partial charge in [-0.3, -0.25) is 19.2 Å². The first-order valence-electron chi connectivity index (χ1n) is 11.4. The molecule has 3 unspecified atom stereocenters. The maximum Gasteiger partial charge on any atom is 0.313 e. The first kappa shape index (κ1) is 27.8. The quantitative estimate of drug-likeness (QED) is 0.0826. The molecule has 3 amide bonds. The van der Waals surface area contributed by atoms with E-state index in [0.29, 0.717) is 17.2 Å². The number of rotatable bonds is 11. The Morgan fingerprint density at radius 2 is 2.28 bits per heavy atom. The standard InChI is InChI=1S/C21H20ClN7O6S4/c22-14-11(26-19(39-14)23-8-30)12(28-35-10-3-1-2-4-10)15(31)25-13-16(32)29-5-21(18(33)34,6-36-17(13)29)7-37-20-27-24-9-38-20/h1,3,8-10,13,17H,2,4-7H2,(H,25,31)(H,33,34)(H,23,26,30)/t10?,13?,17-,21?/m1/s1. The molecule has 2 aromatic rings. The number of anilines is 1. The number of thioether (sulfide) groups is 2. The minimum Gasteiger partial charge on any atom is -0.481 e. The van der Waals surface area contributed by atoms with Gasteiger partial charge in [0.1, 0.15) is 38.5 Å². The van der Waals surface area contributed by atoms with Crippen molar-refractivity contribution in [1.29, 1.82) is 0 Å². The average molecular weight is 630 g/mol. The zero-order valence-electron chi connectivity index (χ0n) is 19.8. The zero-order chi connectivity index (χ0) is 27.6. The number of carbonyl (C=O) groups excluding carboxylic acids is 3. The molecule has 18 heteroatoms. The molecule has 2 saturated heterocycles. The van der Waals surface area contributed by atoms with E-state index in [4.69, 9.17) is 16.4 Å². The molecule has 2 fully saturated rings. The average Bonchev–Trinajstić information content (AvgIpc) is 3.70. The number of aromatic nitrogens is 3. The number of aliphatic carboxylic acids is 1. The third-order valence-electron chi connectivity index (χ3n) is 6.15. The van der Waals surface area contributed by atoms with Gasteiger partial charge in [-0.15, -0.1) is 22.0 Å². The first-order chi connectivity index (χ1) is 18.8. The fraction of sp³-hybridized carbons (Fsp3) is 0.429. The Balaban J connectivity index is 1.29. The fourth-order valence-electron chi connectivity index (χ4n) is 4.11. The Morgan fingerprint density at radius 1 is 1.44 bits per heavy atom. The topological polar surface area (TPSA) is 176 Å². The molecule has 206 valence electrons. The number of fused-ring (bicyclic) bond motifs is 1. The Kier molecular flexibility index (Phi) is 8.41. The zero-order valence-corrected chi connectivity index (χ0v) is 23.8. The molecule has 2 aliphatic heterocycles. The minimum atomic E-state index is -1.17. The van der Waals surface area contributed by atoms with Crippen molar-refractivity contribution in [3.63, 3.8) is 0 Å². The number of carboxylic acid groups (broad SMARTS) is 1. The number of hydrogen-bond donors (Lipinski definition) is 3. The van der Waals surface area contributed by atoms with Crippen LogP contribution in [0.2, 0.25) is 4.34 Å². The SMILES string of the molecule is O=CNc1nc(C(=NOC2C=CCC2)C(=O)NC2C(=O)N3CC(CSc4nncs4)(C(=O)O)CS[C@H]23)c(Cl)s1. The molecule has 5 rings (SSSR count). The van der Waals surface area contributed by atoms with Crippen LogP contribution in [0.3, 0.4) is 0 Å². The Labute approximate surface area is 242 Å². The number of carboxylic acids is 1. The number of halogens is 1. The van der Waals surface area contributed by atoms with Gasteiger partial charge < -0.3 is 25.5 Å². The lowest BCUT2D eigenvalue weighted by atomic mass is 9.89. The van der Waals surface area contributed by atoms with Crippen molar-refractivity contribution in [2.24, 2.45) is 10.6 Å². The van der Waals surface area contributed by atoms with Crippen LogP contribution in [0.1, 0.15) is 18.5 Å². The van der Waals surface area contributed by atoms with E-state index in [9.17, 15) is 24.3 Å². The molecule has 0 saturated carbocycles. The second-order valence-electron chi connectivity index (χ2n) is 8.69. The highest BCUT2D eigenvalue weighted by Gasteiger charge is 2.57. The number of allylic oxidation sites excluding steroid dienone is 1. The molecule has 0 aromatic carbocycles. The predicted octanol–water partition coefficient (Wildman–Crippen LogP) is 1.92. The molecule has 2 aromatic heterocycles. The highest BCUT2D eigenvalue weighted by Crippen LogP contribution is 2.44. The van der Waals surface area contributed by atoms with E-state index in [1.807, 2.05) is 12.2 Å². The molecule has 3 aliphatic rings. The van der Waals surface area contributed by atoms with Crippen molar-refractivity contribution in [3.8, 4) is 0 Å². The van der Waals surface area contributed by atoms with Gasteiger partial charge in [-0.25, -0.2) is 4.98 Å². The number of nitrogens with zero attached hydrogens (tertiary/aromatic N) is 5. The summed E-state index contributed by atoms with van der Waals surface area (Å²) in [6, 6.07) is -0.897. The second kappa shape index (κ2) is 11.8. The van der Waals surface area contributed by atoms with Crippen LogP contribution in [0.4, 0.5) is 5.13 Å². The third kappa shape index (κ3) is 5.77. The summed E-state index contributed by atoms with van der Waals surface area (Å²) in [5, 5.41) is 26.5. The van der Waals surface area contributed by atoms with Crippen molar-refractivity contribution in [3.05, 3.63) is 27.7 Å². The van der Waals surface area contributed by atoms with Crippen LogP contribution in [0, 0.1) is 5.41 Å². The molecular weight excluding hydrogens is 610 g/mol.